The third-order valence-electron chi connectivity index (χ3n) is 2.16. The predicted molar refractivity (Wildman–Crippen MR) is 59.8 cm³/mol. The summed E-state index contributed by atoms with van der Waals surface area (Å²) in [6.07, 6.45) is -0.867. The average Bonchev–Trinajstić information content (AvgIpc) is 2.30. The molecule has 1 aromatic rings. The highest BCUT2D eigenvalue weighted by Gasteiger charge is 2.20. The molecule has 1 aromatic carbocycles. The second-order valence-electron chi connectivity index (χ2n) is 3.48. The van der Waals surface area contributed by atoms with Gasteiger partial charge in [-0.3, -0.25) is 10.2 Å². The second-order valence-corrected chi connectivity index (χ2v) is 3.48. The topological polar surface area (TPSA) is 73.6 Å². The Hall–Kier alpha value is -1.66. The van der Waals surface area contributed by atoms with Gasteiger partial charge in [-0.15, -0.1) is 0 Å². The van der Waals surface area contributed by atoms with Crippen molar-refractivity contribution in [1.29, 1.82) is 0 Å². The van der Waals surface area contributed by atoms with Gasteiger partial charge >= 0.3 is 0 Å². The molecular formula is C11H15FN2O3. The van der Waals surface area contributed by atoms with Crippen LogP contribution in [0, 0.1) is 12.7 Å². The number of amides is 1. The van der Waals surface area contributed by atoms with E-state index in [9.17, 15) is 9.18 Å². The second kappa shape index (κ2) is 6.17. The minimum Gasteiger partial charge on any atom is -0.478 e. The first-order valence-electron chi connectivity index (χ1n) is 5.00. The number of hydrogen-bond acceptors (Lipinski definition) is 4. The van der Waals surface area contributed by atoms with E-state index in [0.717, 1.165) is 0 Å². The lowest BCUT2D eigenvalue weighted by Crippen LogP contribution is -2.44. The lowest BCUT2D eigenvalue weighted by molar-refractivity contribution is -0.130. The van der Waals surface area contributed by atoms with E-state index in [-0.39, 0.29) is 12.4 Å². The Balaban J connectivity index is 2.82. The molecule has 0 fully saturated rings. The summed E-state index contributed by atoms with van der Waals surface area (Å²) < 4.78 is 23.1. The molecule has 1 atom stereocenters. The molecule has 3 N–H and O–H groups in total. The van der Waals surface area contributed by atoms with Gasteiger partial charge in [-0.1, -0.05) is 0 Å². The van der Waals surface area contributed by atoms with Crippen molar-refractivity contribution in [3.05, 3.63) is 29.6 Å². The van der Waals surface area contributed by atoms with E-state index in [1.807, 2.05) is 5.43 Å². The summed E-state index contributed by atoms with van der Waals surface area (Å²) in [5.41, 5.74) is 2.58. The van der Waals surface area contributed by atoms with E-state index in [1.165, 1.54) is 25.3 Å². The Morgan fingerprint density at radius 3 is 2.82 bits per heavy atom. The first-order chi connectivity index (χ1) is 8.08. The summed E-state index contributed by atoms with van der Waals surface area (Å²) in [7, 11) is 1.44. The largest absolute Gasteiger partial charge is 0.478 e. The Bertz CT molecular complexity index is 398. The van der Waals surface area contributed by atoms with E-state index in [2.05, 4.69) is 0 Å². The van der Waals surface area contributed by atoms with Crippen molar-refractivity contribution in [1.82, 2.24) is 5.43 Å². The fourth-order valence-electron chi connectivity index (χ4n) is 1.31. The highest BCUT2D eigenvalue weighted by Crippen LogP contribution is 2.19. The van der Waals surface area contributed by atoms with Crippen LogP contribution in [0.25, 0.3) is 0 Å². The summed E-state index contributed by atoms with van der Waals surface area (Å²) >= 11 is 0. The maximum Gasteiger partial charge on any atom is 0.277 e. The van der Waals surface area contributed by atoms with E-state index in [4.69, 9.17) is 15.3 Å². The van der Waals surface area contributed by atoms with Crippen LogP contribution < -0.4 is 16.0 Å². The Morgan fingerprint density at radius 1 is 1.59 bits per heavy atom. The number of methoxy groups -OCH3 is 1. The van der Waals surface area contributed by atoms with Gasteiger partial charge in [0.25, 0.3) is 5.91 Å². The summed E-state index contributed by atoms with van der Waals surface area (Å²) in [4.78, 5) is 11.4. The lowest BCUT2D eigenvalue weighted by atomic mass is 10.2. The van der Waals surface area contributed by atoms with Crippen LogP contribution in [0.4, 0.5) is 4.39 Å². The molecule has 1 amide bonds. The number of aryl methyl sites for hydroxylation is 1. The van der Waals surface area contributed by atoms with Gasteiger partial charge in [0.1, 0.15) is 11.6 Å². The van der Waals surface area contributed by atoms with Crippen LogP contribution in [0.15, 0.2) is 18.2 Å². The van der Waals surface area contributed by atoms with Gasteiger partial charge in [0.05, 0.1) is 6.61 Å². The van der Waals surface area contributed by atoms with E-state index < -0.39 is 12.0 Å². The summed E-state index contributed by atoms with van der Waals surface area (Å²) in [6.45, 7) is 1.74. The SMILES string of the molecule is COCC(Oc1ccc(F)cc1C)C(=O)NN. The first-order valence-corrected chi connectivity index (χ1v) is 5.00. The van der Waals surface area contributed by atoms with Crippen LogP contribution >= 0.6 is 0 Å². The van der Waals surface area contributed by atoms with Crippen LogP contribution in [0.5, 0.6) is 5.75 Å². The minimum absolute atomic E-state index is 0.0554. The van der Waals surface area contributed by atoms with E-state index in [0.29, 0.717) is 11.3 Å². The summed E-state index contributed by atoms with van der Waals surface area (Å²) in [6, 6.07) is 4.03. The van der Waals surface area contributed by atoms with Crippen molar-refractivity contribution in [2.24, 2.45) is 5.84 Å². The Kier molecular flexibility index (Phi) is 4.86. The van der Waals surface area contributed by atoms with Gasteiger partial charge in [-0.2, -0.15) is 0 Å². The molecule has 1 rings (SSSR count). The zero-order chi connectivity index (χ0) is 12.8. The van der Waals surface area contributed by atoms with Crippen molar-refractivity contribution >= 4 is 5.91 Å². The van der Waals surface area contributed by atoms with Crippen LogP contribution in [0.2, 0.25) is 0 Å². The normalized spacial score (nSPS) is 12.0. The van der Waals surface area contributed by atoms with Crippen LogP contribution in [0.1, 0.15) is 5.56 Å². The third kappa shape index (κ3) is 3.69. The third-order valence-corrected chi connectivity index (χ3v) is 2.16. The standard InChI is InChI=1S/C11H15FN2O3/c1-7-5-8(12)3-4-9(7)17-10(6-16-2)11(15)14-13/h3-5,10H,6,13H2,1-2H3,(H,14,15). The number of benzene rings is 1. The number of carbonyl (C=O) groups is 1. The van der Waals surface area contributed by atoms with Crippen molar-refractivity contribution in [2.45, 2.75) is 13.0 Å². The van der Waals surface area contributed by atoms with Crippen LogP contribution in [-0.4, -0.2) is 25.7 Å². The number of rotatable bonds is 5. The highest BCUT2D eigenvalue weighted by molar-refractivity contribution is 5.80. The van der Waals surface area contributed by atoms with Crippen molar-refractivity contribution < 1.29 is 18.7 Å². The number of halogens is 1. The smallest absolute Gasteiger partial charge is 0.277 e. The molecule has 0 spiro atoms. The Morgan fingerprint density at radius 2 is 2.29 bits per heavy atom. The number of nitrogens with one attached hydrogen (secondary N) is 1. The molecule has 0 aromatic heterocycles. The molecule has 0 bridgehead atoms. The molecular weight excluding hydrogens is 227 g/mol. The fraction of sp³-hybridized carbons (Fsp3) is 0.364. The van der Waals surface area contributed by atoms with E-state index >= 15 is 0 Å². The molecule has 0 aliphatic carbocycles. The monoisotopic (exact) mass is 242 g/mol. The van der Waals surface area contributed by atoms with Gasteiger partial charge in [0, 0.05) is 7.11 Å². The molecule has 0 saturated heterocycles. The number of hydrazine groups is 1. The first kappa shape index (κ1) is 13.4. The van der Waals surface area contributed by atoms with Gasteiger partial charge in [-0.05, 0) is 30.7 Å². The van der Waals surface area contributed by atoms with Gasteiger partial charge < -0.3 is 9.47 Å². The zero-order valence-corrected chi connectivity index (χ0v) is 9.70. The Labute approximate surface area is 98.7 Å². The highest BCUT2D eigenvalue weighted by atomic mass is 19.1. The zero-order valence-electron chi connectivity index (χ0n) is 9.70. The van der Waals surface area contributed by atoms with Crippen LogP contribution in [0.3, 0.4) is 0 Å². The minimum atomic E-state index is -0.867. The predicted octanol–water partition coefficient (Wildman–Crippen LogP) is 0.518. The molecule has 0 heterocycles. The fourth-order valence-corrected chi connectivity index (χ4v) is 1.31. The summed E-state index contributed by atoms with van der Waals surface area (Å²) in [5.74, 6) is 4.57. The number of hydrogen-bond donors (Lipinski definition) is 2. The summed E-state index contributed by atoms with van der Waals surface area (Å²) in [5, 5.41) is 0. The van der Waals surface area contributed by atoms with Gasteiger partial charge in [0.15, 0.2) is 0 Å². The van der Waals surface area contributed by atoms with E-state index in [1.54, 1.807) is 6.92 Å². The van der Waals surface area contributed by atoms with Crippen molar-refractivity contribution in [3.63, 3.8) is 0 Å². The maximum atomic E-state index is 12.9. The van der Waals surface area contributed by atoms with Crippen LogP contribution in [-0.2, 0) is 9.53 Å². The maximum absolute atomic E-state index is 12.9. The molecule has 17 heavy (non-hydrogen) atoms. The van der Waals surface area contributed by atoms with Crippen molar-refractivity contribution in [2.75, 3.05) is 13.7 Å². The number of ether oxygens (including phenoxy) is 2. The molecule has 6 heteroatoms. The molecule has 0 saturated carbocycles. The number of nitrogens with two attached hydrogens (primary N) is 1. The average molecular weight is 242 g/mol. The molecule has 0 aliphatic heterocycles. The molecule has 0 radical (unpaired) electrons. The molecule has 0 aliphatic rings. The molecule has 94 valence electrons. The van der Waals surface area contributed by atoms with Gasteiger partial charge in [-0.25, -0.2) is 10.2 Å². The molecule has 5 nitrogen and oxygen atoms in total. The van der Waals surface area contributed by atoms with Crippen molar-refractivity contribution in [3.8, 4) is 5.75 Å². The quantitative estimate of drug-likeness (QED) is 0.448. The lowest BCUT2D eigenvalue weighted by Gasteiger charge is -2.17. The number of carbonyl (C=O) groups excluding carboxylic acids is 1. The molecule has 1 unspecified atom stereocenters. The van der Waals surface area contributed by atoms with Gasteiger partial charge in [0.2, 0.25) is 6.10 Å².